The molecule has 1 heterocycles. The lowest BCUT2D eigenvalue weighted by Crippen LogP contribution is -2.55. The molecule has 0 bridgehead atoms. The Hall–Kier alpha value is -3.23. The number of likely N-dealkylation sites (N-methyl/N-ethyl adjacent to an activating group) is 1. The summed E-state index contributed by atoms with van der Waals surface area (Å²) in [4.78, 5) is 41.4. The lowest BCUT2D eigenvalue weighted by Gasteiger charge is -2.36. The van der Waals surface area contributed by atoms with E-state index in [2.05, 4.69) is 33.0 Å². The average Bonchev–Trinajstić information content (AvgIpc) is 2.88. The van der Waals surface area contributed by atoms with Crippen molar-refractivity contribution in [3.8, 4) is 0 Å². The Bertz CT molecular complexity index is 957. The van der Waals surface area contributed by atoms with Crippen LogP contribution in [0.3, 0.4) is 0 Å². The summed E-state index contributed by atoms with van der Waals surface area (Å²) in [6.07, 6.45) is 0.765. The largest absolute Gasteiger partial charge is 0.351 e. The van der Waals surface area contributed by atoms with E-state index in [0.29, 0.717) is 32.5 Å². The molecule has 0 unspecified atom stereocenters. The highest BCUT2D eigenvalue weighted by Crippen LogP contribution is 2.13. The summed E-state index contributed by atoms with van der Waals surface area (Å²) in [6, 6.07) is 17.5. The van der Waals surface area contributed by atoms with Gasteiger partial charge in [0, 0.05) is 52.1 Å². The fourth-order valence-corrected chi connectivity index (χ4v) is 4.14. The molecule has 0 aliphatic carbocycles. The van der Waals surface area contributed by atoms with Crippen LogP contribution in [0.2, 0.25) is 0 Å². The molecule has 1 atom stereocenters. The van der Waals surface area contributed by atoms with Gasteiger partial charge in [-0.1, -0.05) is 61.5 Å². The molecule has 3 rings (SSSR count). The maximum absolute atomic E-state index is 13.4. The number of piperazine rings is 1. The average molecular weight is 480 g/mol. The predicted octanol–water partition coefficient (Wildman–Crippen LogP) is 1.30. The lowest BCUT2D eigenvalue weighted by molar-refractivity contribution is -0.138. The highest BCUT2D eigenvalue weighted by molar-refractivity contribution is 5.88. The molecule has 1 fully saturated rings. The number of carbonyl (C=O) groups excluding carboxylic acids is 3. The quantitative estimate of drug-likeness (QED) is 0.452. The van der Waals surface area contributed by atoms with Gasteiger partial charge < -0.3 is 20.9 Å². The van der Waals surface area contributed by atoms with Crippen LogP contribution < -0.4 is 16.0 Å². The third kappa shape index (κ3) is 8.49. The standard InChI is InChI=1S/C27H37N5O3/c1-3-25(33)30-24(17-21-9-11-22(12-10-21)18-29-26(34)19-28-2)27(35)32-15-13-31(14-16-32)20-23-7-5-4-6-8-23/h4-12,24,28H,3,13-20H2,1-2H3,(H,29,34)(H,30,33)/t24-/m1/s1. The van der Waals surface area contributed by atoms with Crippen molar-refractivity contribution in [3.05, 3.63) is 71.3 Å². The Balaban J connectivity index is 1.56. The number of nitrogens with zero attached hydrogens (tertiary/aromatic N) is 2. The van der Waals surface area contributed by atoms with Crippen molar-refractivity contribution in [1.29, 1.82) is 0 Å². The summed E-state index contributed by atoms with van der Waals surface area (Å²) in [7, 11) is 1.73. The van der Waals surface area contributed by atoms with Crippen LogP contribution >= 0.6 is 0 Å². The van der Waals surface area contributed by atoms with Gasteiger partial charge in [0.05, 0.1) is 6.54 Å². The van der Waals surface area contributed by atoms with E-state index in [1.807, 2.05) is 47.4 Å². The van der Waals surface area contributed by atoms with Gasteiger partial charge in [0.1, 0.15) is 6.04 Å². The maximum atomic E-state index is 13.4. The molecular formula is C27H37N5O3. The van der Waals surface area contributed by atoms with Crippen molar-refractivity contribution in [1.82, 2.24) is 25.8 Å². The monoisotopic (exact) mass is 479 g/mol. The van der Waals surface area contributed by atoms with Gasteiger partial charge in [-0.25, -0.2) is 0 Å². The second-order valence-corrected chi connectivity index (χ2v) is 8.89. The molecule has 1 aliphatic rings. The Morgan fingerprint density at radius 3 is 2.14 bits per heavy atom. The van der Waals surface area contributed by atoms with Gasteiger partial charge in [-0.3, -0.25) is 19.3 Å². The fraction of sp³-hybridized carbons (Fsp3) is 0.444. The minimum atomic E-state index is -0.593. The van der Waals surface area contributed by atoms with Crippen LogP contribution in [0.25, 0.3) is 0 Å². The van der Waals surface area contributed by atoms with Crippen LogP contribution in [0.15, 0.2) is 54.6 Å². The summed E-state index contributed by atoms with van der Waals surface area (Å²) >= 11 is 0. The van der Waals surface area contributed by atoms with Gasteiger partial charge in [0.15, 0.2) is 0 Å². The number of amides is 3. The minimum Gasteiger partial charge on any atom is -0.351 e. The zero-order chi connectivity index (χ0) is 25.0. The van der Waals surface area contributed by atoms with Gasteiger partial charge in [0.25, 0.3) is 0 Å². The number of carbonyl (C=O) groups is 3. The van der Waals surface area contributed by atoms with Crippen molar-refractivity contribution in [3.63, 3.8) is 0 Å². The van der Waals surface area contributed by atoms with Gasteiger partial charge >= 0.3 is 0 Å². The van der Waals surface area contributed by atoms with Crippen LogP contribution in [-0.2, 0) is 33.9 Å². The van der Waals surface area contributed by atoms with E-state index in [1.54, 1.807) is 14.0 Å². The Morgan fingerprint density at radius 2 is 1.51 bits per heavy atom. The first-order valence-electron chi connectivity index (χ1n) is 12.3. The molecule has 0 radical (unpaired) electrons. The molecule has 8 nitrogen and oxygen atoms in total. The number of rotatable bonds is 11. The third-order valence-corrected chi connectivity index (χ3v) is 6.18. The SMILES string of the molecule is CCC(=O)N[C@H](Cc1ccc(CNC(=O)CNC)cc1)C(=O)N1CCN(Cc2ccccc2)CC1. The smallest absolute Gasteiger partial charge is 0.245 e. The topological polar surface area (TPSA) is 93.8 Å². The highest BCUT2D eigenvalue weighted by atomic mass is 16.2. The zero-order valence-corrected chi connectivity index (χ0v) is 20.8. The molecule has 3 amide bonds. The maximum Gasteiger partial charge on any atom is 0.245 e. The van der Waals surface area contributed by atoms with Crippen molar-refractivity contribution in [2.75, 3.05) is 39.8 Å². The normalized spacial score (nSPS) is 14.9. The molecule has 3 N–H and O–H groups in total. The van der Waals surface area contributed by atoms with Crippen molar-refractivity contribution in [2.24, 2.45) is 0 Å². The summed E-state index contributed by atoms with van der Waals surface area (Å²) in [5.74, 6) is -0.224. The first-order chi connectivity index (χ1) is 17.0. The number of benzene rings is 2. The minimum absolute atomic E-state index is 0.0328. The summed E-state index contributed by atoms with van der Waals surface area (Å²) < 4.78 is 0. The Labute approximate surface area is 208 Å². The van der Waals surface area contributed by atoms with Crippen LogP contribution in [0.1, 0.15) is 30.0 Å². The van der Waals surface area contributed by atoms with Crippen LogP contribution in [0.5, 0.6) is 0 Å². The molecule has 0 aromatic heterocycles. The predicted molar refractivity (Wildman–Crippen MR) is 136 cm³/mol. The van der Waals surface area contributed by atoms with Gasteiger partial charge in [0.2, 0.25) is 17.7 Å². The summed E-state index contributed by atoms with van der Waals surface area (Å²) in [5, 5.41) is 8.60. The second-order valence-electron chi connectivity index (χ2n) is 8.89. The van der Waals surface area contributed by atoms with Crippen molar-refractivity contribution in [2.45, 2.75) is 38.9 Å². The summed E-state index contributed by atoms with van der Waals surface area (Å²) in [6.45, 7) is 6.30. The first kappa shape index (κ1) is 26.4. The number of nitrogens with one attached hydrogen (secondary N) is 3. The van der Waals surface area contributed by atoms with E-state index in [1.165, 1.54) is 5.56 Å². The molecule has 8 heteroatoms. The second kappa shape index (κ2) is 13.6. The zero-order valence-electron chi connectivity index (χ0n) is 20.8. The van der Waals surface area contributed by atoms with Gasteiger partial charge in [-0.05, 0) is 23.7 Å². The first-order valence-corrected chi connectivity index (χ1v) is 12.3. The molecule has 0 spiro atoms. The Kier molecular flexibility index (Phi) is 10.3. The van der Waals surface area contributed by atoms with Crippen molar-refractivity contribution < 1.29 is 14.4 Å². The van der Waals surface area contributed by atoms with E-state index in [4.69, 9.17) is 0 Å². The van der Waals surface area contributed by atoms with E-state index in [-0.39, 0.29) is 24.3 Å². The van der Waals surface area contributed by atoms with E-state index in [0.717, 1.165) is 30.8 Å². The van der Waals surface area contributed by atoms with Crippen LogP contribution in [-0.4, -0.2) is 73.3 Å². The molecular weight excluding hydrogens is 442 g/mol. The number of hydrogen-bond acceptors (Lipinski definition) is 5. The Morgan fingerprint density at radius 1 is 0.857 bits per heavy atom. The molecule has 2 aromatic rings. The molecule has 1 saturated heterocycles. The lowest BCUT2D eigenvalue weighted by atomic mass is 10.0. The molecule has 35 heavy (non-hydrogen) atoms. The number of hydrogen-bond donors (Lipinski definition) is 3. The van der Waals surface area contributed by atoms with Crippen molar-refractivity contribution >= 4 is 17.7 Å². The molecule has 2 aromatic carbocycles. The van der Waals surface area contributed by atoms with E-state index >= 15 is 0 Å². The van der Waals surface area contributed by atoms with E-state index in [9.17, 15) is 14.4 Å². The molecule has 0 saturated carbocycles. The van der Waals surface area contributed by atoms with Crippen LogP contribution in [0, 0.1) is 0 Å². The highest BCUT2D eigenvalue weighted by Gasteiger charge is 2.28. The van der Waals surface area contributed by atoms with E-state index < -0.39 is 6.04 Å². The van der Waals surface area contributed by atoms with Crippen LogP contribution in [0.4, 0.5) is 0 Å². The fourth-order valence-electron chi connectivity index (χ4n) is 4.14. The third-order valence-electron chi connectivity index (χ3n) is 6.18. The van der Waals surface area contributed by atoms with Gasteiger partial charge in [-0.15, -0.1) is 0 Å². The van der Waals surface area contributed by atoms with Gasteiger partial charge in [-0.2, -0.15) is 0 Å². The molecule has 188 valence electrons. The molecule has 1 aliphatic heterocycles. The summed E-state index contributed by atoms with van der Waals surface area (Å²) in [5.41, 5.74) is 3.21.